The summed E-state index contributed by atoms with van der Waals surface area (Å²) >= 11 is 1.55. The van der Waals surface area contributed by atoms with Crippen molar-refractivity contribution in [2.45, 2.75) is 25.7 Å². The third-order valence-electron chi connectivity index (χ3n) is 5.66. The van der Waals surface area contributed by atoms with Crippen LogP contribution in [-0.2, 0) is 11.2 Å². The van der Waals surface area contributed by atoms with Gasteiger partial charge in [-0.15, -0.1) is 11.3 Å². The zero-order valence-corrected chi connectivity index (χ0v) is 18.4. The highest BCUT2D eigenvalue weighted by Crippen LogP contribution is 2.26. The number of aromatic nitrogens is 4. The van der Waals surface area contributed by atoms with Gasteiger partial charge in [0.1, 0.15) is 5.82 Å². The average Bonchev–Trinajstić information content (AvgIpc) is 3.51. The Morgan fingerprint density at radius 1 is 1.22 bits per heavy atom. The van der Waals surface area contributed by atoms with Crippen molar-refractivity contribution in [2.24, 2.45) is 0 Å². The summed E-state index contributed by atoms with van der Waals surface area (Å²) in [5.41, 5.74) is 2.59. The molecule has 0 unspecified atom stereocenters. The van der Waals surface area contributed by atoms with Crippen LogP contribution in [0, 0.1) is 6.92 Å². The molecule has 0 radical (unpaired) electrons. The predicted octanol–water partition coefficient (Wildman–Crippen LogP) is 3.31. The number of nitrogens with one attached hydrogen (secondary N) is 1. The van der Waals surface area contributed by atoms with Crippen molar-refractivity contribution in [3.8, 4) is 0 Å². The molecule has 0 bridgehead atoms. The molecule has 1 saturated heterocycles. The molecule has 0 spiro atoms. The molecule has 2 amide bonds. The molecule has 9 heteroatoms. The van der Waals surface area contributed by atoms with E-state index in [4.69, 9.17) is 0 Å². The van der Waals surface area contributed by atoms with Gasteiger partial charge in [0.2, 0.25) is 5.91 Å². The maximum atomic E-state index is 12.8. The van der Waals surface area contributed by atoms with Gasteiger partial charge in [0.25, 0.3) is 5.91 Å². The van der Waals surface area contributed by atoms with Gasteiger partial charge in [-0.3, -0.25) is 14.0 Å². The number of hydrogen-bond acceptors (Lipinski definition) is 6. The number of hydrogen-bond donors (Lipinski definition) is 1. The lowest BCUT2D eigenvalue weighted by atomic mass is 10.1. The Kier molecular flexibility index (Phi) is 5.40. The highest BCUT2D eigenvalue weighted by Gasteiger charge is 2.30. The predicted molar refractivity (Wildman–Crippen MR) is 122 cm³/mol. The van der Waals surface area contributed by atoms with Crippen molar-refractivity contribution < 1.29 is 9.59 Å². The van der Waals surface area contributed by atoms with Crippen LogP contribution in [0.2, 0.25) is 0 Å². The van der Waals surface area contributed by atoms with Crippen molar-refractivity contribution in [3.05, 3.63) is 77.1 Å². The number of nitrogens with zero attached hydrogens (tertiary/aromatic N) is 5. The van der Waals surface area contributed by atoms with Crippen LogP contribution >= 0.6 is 11.3 Å². The fraction of sp³-hybridized carbons (Fsp3) is 0.261. The Morgan fingerprint density at radius 3 is 2.84 bits per heavy atom. The minimum atomic E-state index is -0.233. The summed E-state index contributed by atoms with van der Waals surface area (Å²) in [6.45, 7) is 3.06. The van der Waals surface area contributed by atoms with Crippen molar-refractivity contribution in [3.63, 3.8) is 0 Å². The number of amides is 2. The molecular formula is C23H22N6O2S. The molecule has 0 saturated carbocycles. The normalized spacial score (nSPS) is 15.9. The van der Waals surface area contributed by atoms with E-state index < -0.39 is 0 Å². The number of para-hydroxylation sites is 1. The average molecular weight is 447 g/mol. The minimum Gasteiger partial charge on any atom is -0.342 e. The lowest BCUT2D eigenvalue weighted by Gasteiger charge is -2.16. The summed E-state index contributed by atoms with van der Waals surface area (Å²) in [7, 11) is 0. The van der Waals surface area contributed by atoms with E-state index in [2.05, 4.69) is 20.3 Å². The summed E-state index contributed by atoms with van der Waals surface area (Å²) in [6.07, 6.45) is 6.52. The first-order valence-corrected chi connectivity index (χ1v) is 11.3. The summed E-state index contributed by atoms with van der Waals surface area (Å²) in [5, 5.41) is 4.83. The molecule has 162 valence electrons. The number of rotatable bonds is 5. The standard InChI is InChI=1S/C23H22N6O2S/c1-15-19(22(31)26-17-5-3-2-4-6-17)12-24-21(25-15)16-7-8-28(13-16)20(30)11-18-14-29-9-10-32-23(29)27-18/h2-6,9-10,12,14,16H,7-8,11,13H2,1H3,(H,26,31)/t16-/m1/s1. The molecule has 1 atom stereocenters. The molecule has 1 aliphatic heterocycles. The van der Waals surface area contributed by atoms with Crippen LogP contribution in [-0.4, -0.2) is 49.2 Å². The molecule has 3 aromatic heterocycles. The number of carbonyl (C=O) groups is 2. The first-order valence-electron chi connectivity index (χ1n) is 10.5. The quantitative estimate of drug-likeness (QED) is 0.508. The lowest BCUT2D eigenvalue weighted by molar-refractivity contribution is -0.129. The zero-order valence-electron chi connectivity index (χ0n) is 17.6. The van der Waals surface area contributed by atoms with Crippen LogP contribution in [0.25, 0.3) is 4.96 Å². The largest absolute Gasteiger partial charge is 0.342 e. The van der Waals surface area contributed by atoms with Gasteiger partial charge >= 0.3 is 0 Å². The van der Waals surface area contributed by atoms with Gasteiger partial charge in [-0.1, -0.05) is 18.2 Å². The van der Waals surface area contributed by atoms with Crippen molar-refractivity contribution in [1.82, 2.24) is 24.3 Å². The molecule has 1 fully saturated rings. The van der Waals surface area contributed by atoms with Crippen LogP contribution in [0.4, 0.5) is 5.69 Å². The highest BCUT2D eigenvalue weighted by atomic mass is 32.1. The second kappa shape index (κ2) is 8.51. The van der Waals surface area contributed by atoms with Crippen molar-refractivity contribution in [1.29, 1.82) is 0 Å². The maximum absolute atomic E-state index is 12.8. The van der Waals surface area contributed by atoms with Crippen molar-refractivity contribution >= 4 is 33.8 Å². The number of thiazole rings is 1. The lowest BCUT2D eigenvalue weighted by Crippen LogP contribution is -2.30. The second-order valence-corrected chi connectivity index (χ2v) is 8.75. The van der Waals surface area contributed by atoms with E-state index >= 15 is 0 Å². The SMILES string of the molecule is Cc1nc([C@@H]2CCN(C(=O)Cc3cn4ccsc4n3)C2)ncc1C(=O)Nc1ccccc1. The van der Waals surface area contributed by atoms with Crippen molar-refractivity contribution in [2.75, 3.05) is 18.4 Å². The molecule has 4 heterocycles. The monoisotopic (exact) mass is 446 g/mol. The molecular weight excluding hydrogens is 424 g/mol. The maximum Gasteiger partial charge on any atom is 0.259 e. The van der Waals surface area contributed by atoms with E-state index in [-0.39, 0.29) is 17.7 Å². The fourth-order valence-corrected chi connectivity index (χ4v) is 4.67. The van der Waals surface area contributed by atoms with Crippen LogP contribution in [0.3, 0.4) is 0 Å². The molecule has 32 heavy (non-hydrogen) atoms. The topological polar surface area (TPSA) is 92.5 Å². The molecule has 1 N–H and O–H groups in total. The number of carbonyl (C=O) groups excluding carboxylic acids is 2. The van der Waals surface area contributed by atoms with Crippen LogP contribution in [0.15, 0.2) is 54.3 Å². The van der Waals surface area contributed by atoms with Crippen LogP contribution in [0.5, 0.6) is 0 Å². The van der Waals surface area contributed by atoms with Crippen LogP contribution in [0.1, 0.15) is 39.9 Å². The molecule has 1 aliphatic rings. The summed E-state index contributed by atoms with van der Waals surface area (Å²) in [5.74, 6) is 0.572. The first-order chi connectivity index (χ1) is 15.6. The number of benzene rings is 1. The van der Waals surface area contributed by atoms with Gasteiger partial charge in [-0.25, -0.2) is 15.0 Å². The number of fused-ring (bicyclic) bond motifs is 1. The second-order valence-electron chi connectivity index (χ2n) is 7.87. The van der Waals surface area contributed by atoms with Gasteiger partial charge in [0, 0.05) is 48.7 Å². The number of aryl methyl sites for hydroxylation is 1. The Bertz CT molecular complexity index is 1250. The summed E-state index contributed by atoms with van der Waals surface area (Å²) in [6, 6.07) is 9.29. The van der Waals surface area contributed by atoms with E-state index in [0.29, 0.717) is 36.6 Å². The highest BCUT2D eigenvalue weighted by molar-refractivity contribution is 7.15. The third-order valence-corrected chi connectivity index (χ3v) is 6.43. The van der Waals surface area contributed by atoms with Gasteiger partial charge < -0.3 is 10.2 Å². The van der Waals surface area contributed by atoms with E-state index in [1.165, 1.54) is 0 Å². The van der Waals surface area contributed by atoms with Gasteiger partial charge in [-0.05, 0) is 25.5 Å². The Labute approximate surface area is 189 Å². The summed E-state index contributed by atoms with van der Waals surface area (Å²) < 4.78 is 1.94. The minimum absolute atomic E-state index is 0.0637. The van der Waals surface area contributed by atoms with Gasteiger partial charge in [0.15, 0.2) is 4.96 Å². The molecule has 8 nitrogen and oxygen atoms in total. The zero-order chi connectivity index (χ0) is 22.1. The van der Waals surface area contributed by atoms with E-state index in [1.807, 2.05) is 64.3 Å². The van der Waals surface area contributed by atoms with Gasteiger partial charge in [-0.2, -0.15) is 0 Å². The van der Waals surface area contributed by atoms with E-state index in [9.17, 15) is 9.59 Å². The fourth-order valence-electron chi connectivity index (χ4n) is 3.95. The van der Waals surface area contributed by atoms with E-state index in [0.717, 1.165) is 22.8 Å². The van der Waals surface area contributed by atoms with E-state index in [1.54, 1.807) is 17.5 Å². The van der Waals surface area contributed by atoms with Crippen LogP contribution < -0.4 is 5.32 Å². The smallest absolute Gasteiger partial charge is 0.259 e. The molecule has 0 aliphatic carbocycles. The Balaban J connectivity index is 1.22. The third kappa shape index (κ3) is 4.11. The number of imidazole rings is 1. The summed E-state index contributed by atoms with van der Waals surface area (Å²) in [4.78, 5) is 41.6. The van der Waals surface area contributed by atoms with Gasteiger partial charge in [0.05, 0.1) is 23.4 Å². The number of anilines is 1. The molecule has 1 aromatic carbocycles. The Morgan fingerprint density at radius 2 is 2.06 bits per heavy atom. The molecule has 4 aromatic rings. The Hall–Kier alpha value is -3.59. The first kappa shape index (κ1) is 20.3. The number of likely N-dealkylation sites (tertiary alicyclic amines) is 1. The molecule has 5 rings (SSSR count).